The van der Waals surface area contributed by atoms with E-state index in [0.717, 1.165) is 28.6 Å². The molecule has 100 valence electrons. The van der Waals surface area contributed by atoms with Crippen molar-refractivity contribution in [2.75, 3.05) is 13.2 Å². The topological polar surface area (TPSA) is 52.6 Å². The van der Waals surface area contributed by atoms with Gasteiger partial charge in [0.15, 0.2) is 0 Å². The fourth-order valence-corrected chi connectivity index (χ4v) is 3.26. The van der Waals surface area contributed by atoms with Gasteiger partial charge in [-0.25, -0.2) is 4.79 Å². The van der Waals surface area contributed by atoms with Gasteiger partial charge in [-0.2, -0.15) is 0 Å². The number of likely N-dealkylation sites (tertiary alicyclic amines) is 1. The Hall–Kier alpha value is -0.780. The summed E-state index contributed by atoms with van der Waals surface area (Å²) in [6, 6.07) is 3.55. The van der Waals surface area contributed by atoms with Gasteiger partial charge in [0.2, 0.25) is 0 Å². The number of hydrogen-bond acceptors (Lipinski definition) is 3. The van der Waals surface area contributed by atoms with E-state index in [0.29, 0.717) is 0 Å². The van der Waals surface area contributed by atoms with Gasteiger partial charge in [-0.15, -0.1) is 11.3 Å². The van der Waals surface area contributed by atoms with Gasteiger partial charge in [-0.05, 0) is 31.9 Å². The van der Waals surface area contributed by atoms with Gasteiger partial charge in [-0.3, -0.25) is 0 Å². The molecule has 1 saturated heterocycles. The van der Waals surface area contributed by atoms with Crippen LogP contribution in [0.1, 0.15) is 30.7 Å². The zero-order chi connectivity index (χ0) is 13.1. The van der Waals surface area contributed by atoms with E-state index >= 15 is 0 Å². The number of aliphatic hydroxyl groups is 1. The molecule has 1 aromatic rings. The second-order valence-electron chi connectivity index (χ2n) is 4.49. The molecule has 2 N–H and O–H groups in total. The van der Waals surface area contributed by atoms with E-state index in [1.807, 2.05) is 19.1 Å². The van der Waals surface area contributed by atoms with Crippen molar-refractivity contribution >= 4 is 29.0 Å². The van der Waals surface area contributed by atoms with E-state index in [4.69, 9.17) is 11.6 Å². The van der Waals surface area contributed by atoms with Crippen LogP contribution < -0.4 is 5.32 Å². The van der Waals surface area contributed by atoms with Gasteiger partial charge >= 0.3 is 6.03 Å². The number of carbonyl (C=O) groups is 1. The van der Waals surface area contributed by atoms with Crippen LogP contribution in [0, 0.1) is 0 Å². The highest BCUT2D eigenvalue weighted by Gasteiger charge is 2.28. The van der Waals surface area contributed by atoms with Gasteiger partial charge in [0.05, 0.1) is 23.0 Å². The number of amides is 2. The summed E-state index contributed by atoms with van der Waals surface area (Å²) in [5, 5.41) is 12.1. The molecule has 0 radical (unpaired) electrons. The number of hydrogen-bond donors (Lipinski definition) is 2. The van der Waals surface area contributed by atoms with Crippen LogP contribution in [0.15, 0.2) is 12.1 Å². The number of halogens is 1. The maximum Gasteiger partial charge on any atom is 0.318 e. The normalized spacial score (nSPS) is 21.1. The average Bonchev–Trinajstić information content (AvgIpc) is 2.96. The monoisotopic (exact) mass is 288 g/mol. The maximum absolute atomic E-state index is 12.1. The Balaban J connectivity index is 1.94. The van der Waals surface area contributed by atoms with E-state index in [9.17, 15) is 9.90 Å². The van der Waals surface area contributed by atoms with Crippen molar-refractivity contribution in [2.24, 2.45) is 0 Å². The Morgan fingerprint density at radius 1 is 1.72 bits per heavy atom. The molecule has 0 bridgehead atoms. The molecule has 2 amide bonds. The van der Waals surface area contributed by atoms with E-state index in [1.165, 1.54) is 11.3 Å². The second kappa shape index (κ2) is 5.91. The molecule has 1 fully saturated rings. The number of thiophene rings is 1. The molecule has 0 aromatic carbocycles. The van der Waals surface area contributed by atoms with E-state index in [-0.39, 0.29) is 24.7 Å². The molecule has 6 heteroatoms. The first-order valence-electron chi connectivity index (χ1n) is 6.05. The van der Waals surface area contributed by atoms with E-state index in [1.54, 1.807) is 4.90 Å². The van der Waals surface area contributed by atoms with Gasteiger partial charge in [0.1, 0.15) is 0 Å². The lowest BCUT2D eigenvalue weighted by Gasteiger charge is -2.25. The third-order valence-corrected chi connectivity index (χ3v) is 4.62. The highest BCUT2D eigenvalue weighted by molar-refractivity contribution is 7.16. The van der Waals surface area contributed by atoms with Crippen molar-refractivity contribution in [2.45, 2.75) is 31.8 Å². The molecule has 2 rings (SSSR count). The minimum Gasteiger partial charge on any atom is -0.394 e. The van der Waals surface area contributed by atoms with Crippen LogP contribution in [0.4, 0.5) is 4.79 Å². The Morgan fingerprint density at radius 2 is 2.50 bits per heavy atom. The molecule has 2 atom stereocenters. The first-order valence-corrected chi connectivity index (χ1v) is 7.24. The lowest BCUT2D eigenvalue weighted by Crippen LogP contribution is -2.44. The minimum absolute atomic E-state index is 0.0344. The molecule has 0 saturated carbocycles. The molecule has 2 heterocycles. The Kier molecular flexibility index (Phi) is 4.48. The Labute approximate surface area is 116 Å². The zero-order valence-electron chi connectivity index (χ0n) is 10.2. The summed E-state index contributed by atoms with van der Waals surface area (Å²) in [5.41, 5.74) is 0. The first kappa shape index (κ1) is 13.6. The first-order chi connectivity index (χ1) is 8.61. The molecule has 1 aromatic heterocycles. The molecular weight excluding hydrogens is 272 g/mol. The van der Waals surface area contributed by atoms with Crippen molar-refractivity contribution < 1.29 is 9.90 Å². The number of rotatable bonds is 3. The minimum atomic E-state index is -0.108. The van der Waals surface area contributed by atoms with Gasteiger partial charge in [-0.1, -0.05) is 11.6 Å². The number of nitrogens with zero attached hydrogens (tertiary/aromatic N) is 1. The molecule has 18 heavy (non-hydrogen) atoms. The van der Waals surface area contributed by atoms with Crippen LogP contribution >= 0.6 is 22.9 Å². The van der Waals surface area contributed by atoms with Crippen molar-refractivity contribution in [3.63, 3.8) is 0 Å². The predicted molar refractivity (Wildman–Crippen MR) is 73.1 cm³/mol. The molecule has 0 spiro atoms. The van der Waals surface area contributed by atoms with Crippen LogP contribution in [0.5, 0.6) is 0 Å². The third kappa shape index (κ3) is 2.96. The molecule has 1 aliphatic heterocycles. The number of urea groups is 1. The van der Waals surface area contributed by atoms with Crippen molar-refractivity contribution in [1.82, 2.24) is 10.2 Å². The van der Waals surface area contributed by atoms with Crippen LogP contribution in [0.3, 0.4) is 0 Å². The van der Waals surface area contributed by atoms with Gasteiger partial charge < -0.3 is 15.3 Å². The lowest BCUT2D eigenvalue weighted by molar-refractivity contribution is 0.155. The summed E-state index contributed by atoms with van der Waals surface area (Å²) in [6.07, 6.45) is 1.83. The smallest absolute Gasteiger partial charge is 0.318 e. The average molecular weight is 289 g/mol. The highest BCUT2D eigenvalue weighted by atomic mass is 35.5. The predicted octanol–water partition coefficient (Wildman–Crippen LogP) is 2.63. The highest BCUT2D eigenvalue weighted by Crippen LogP contribution is 2.27. The summed E-state index contributed by atoms with van der Waals surface area (Å²) in [5.74, 6) is 0. The van der Waals surface area contributed by atoms with Crippen LogP contribution in [-0.2, 0) is 0 Å². The largest absolute Gasteiger partial charge is 0.394 e. The lowest BCUT2D eigenvalue weighted by atomic mass is 10.2. The van der Waals surface area contributed by atoms with Crippen LogP contribution in [-0.4, -0.2) is 35.2 Å². The van der Waals surface area contributed by atoms with Crippen LogP contribution in [0.25, 0.3) is 0 Å². The van der Waals surface area contributed by atoms with Crippen molar-refractivity contribution in [3.05, 3.63) is 21.3 Å². The molecule has 2 unspecified atom stereocenters. The van der Waals surface area contributed by atoms with E-state index < -0.39 is 0 Å². The SMILES string of the molecule is CC(NC(=O)N1CCCC1CO)c1ccc(Cl)s1. The number of carbonyl (C=O) groups excluding carboxylic acids is 1. The summed E-state index contributed by atoms with van der Waals surface area (Å²) >= 11 is 7.35. The number of nitrogens with one attached hydrogen (secondary N) is 1. The summed E-state index contributed by atoms with van der Waals surface area (Å²) in [6.45, 7) is 2.69. The van der Waals surface area contributed by atoms with Crippen molar-refractivity contribution in [3.8, 4) is 0 Å². The van der Waals surface area contributed by atoms with Crippen molar-refractivity contribution in [1.29, 1.82) is 0 Å². The van der Waals surface area contributed by atoms with Gasteiger partial charge in [0, 0.05) is 11.4 Å². The molecule has 0 aliphatic carbocycles. The summed E-state index contributed by atoms with van der Waals surface area (Å²) in [7, 11) is 0. The second-order valence-corrected chi connectivity index (χ2v) is 6.23. The fourth-order valence-electron chi connectivity index (χ4n) is 2.19. The molecule has 4 nitrogen and oxygen atoms in total. The number of aliphatic hydroxyl groups excluding tert-OH is 1. The quantitative estimate of drug-likeness (QED) is 0.898. The summed E-state index contributed by atoms with van der Waals surface area (Å²) < 4.78 is 0.723. The Bertz CT molecular complexity index is 424. The van der Waals surface area contributed by atoms with Crippen LogP contribution in [0.2, 0.25) is 4.34 Å². The molecular formula is C12H17ClN2O2S. The third-order valence-electron chi connectivity index (χ3n) is 3.21. The fraction of sp³-hybridized carbons (Fsp3) is 0.583. The maximum atomic E-state index is 12.1. The summed E-state index contributed by atoms with van der Waals surface area (Å²) in [4.78, 5) is 14.8. The van der Waals surface area contributed by atoms with Gasteiger partial charge in [0.25, 0.3) is 0 Å². The molecule has 1 aliphatic rings. The standard InChI is InChI=1S/C12H17ClN2O2S/c1-8(10-4-5-11(13)18-10)14-12(17)15-6-2-3-9(15)7-16/h4-5,8-9,16H,2-3,6-7H2,1H3,(H,14,17). The van der Waals surface area contributed by atoms with E-state index in [2.05, 4.69) is 5.32 Å². The zero-order valence-corrected chi connectivity index (χ0v) is 11.8. The Morgan fingerprint density at radius 3 is 3.11 bits per heavy atom.